The van der Waals surface area contributed by atoms with Crippen molar-refractivity contribution in [3.8, 4) is 0 Å². The lowest BCUT2D eigenvalue weighted by Gasteiger charge is -2.23. The minimum atomic E-state index is -4.43. The van der Waals surface area contributed by atoms with Gasteiger partial charge in [-0.2, -0.15) is 13.2 Å². The van der Waals surface area contributed by atoms with E-state index in [1.54, 1.807) is 11.9 Å². The average Bonchev–Trinajstić information content (AvgIpc) is 3.10. The lowest BCUT2D eigenvalue weighted by Crippen LogP contribution is -2.23. The first-order valence-corrected chi connectivity index (χ1v) is 5.32. The molecule has 0 bridgehead atoms. The fraction of sp³-hybridized carbons (Fsp3) is 0.417. The molecule has 1 aromatic carbocycles. The van der Waals surface area contributed by atoms with Crippen molar-refractivity contribution in [2.24, 2.45) is 0 Å². The Kier molecular flexibility index (Phi) is 2.85. The number of hydrogen-bond acceptors (Lipinski definition) is 2. The molecule has 1 fully saturated rings. The van der Waals surface area contributed by atoms with E-state index in [0.717, 1.165) is 18.9 Å². The predicted octanol–water partition coefficient (Wildman–Crippen LogP) is 3.12. The molecule has 0 atom stereocenters. The number of alkyl halides is 3. The minimum absolute atomic E-state index is 0.0465. The molecule has 0 radical (unpaired) electrons. The molecule has 0 aliphatic heterocycles. The lowest BCUT2D eigenvalue weighted by molar-refractivity contribution is -0.137. The maximum absolute atomic E-state index is 12.9. The molecule has 5 heteroatoms. The van der Waals surface area contributed by atoms with Crippen LogP contribution in [0.15, 0.2) is 18.2 Å². The molecule has 1 aliphatic carbocycles. The standard InChI is InChI=1S/C12H12F3NO/c1-16(9-3-4-9)11-5-2-8(7-17)6-10(11)12(13,14)15/h2,5-7,9H,3-4H2,1H3. The van der Waals surface area contributed by atoms with Crippen LogP contribution < -0.4 is 4.90 Å². The van der Waals surface area contributed by atoms with E-state index in [1.165, 1.54) is 12.1 Å². The number of carbonyl (C=O) groups excluding carboxylic acids is 1. The Hall–Kier alpha value is -1.52. The summed E-state index contributed by atoms with van der Waals surface area (Å²) in [6, 6.07) is 3.88. The molecule has 92 valence electrons. The van der Waals surface area contributed by atoms with Crippen molar-refractivity contribution in [3.05, 3.63) is 29.3 Å². The minimum Gasteiger partial charge on any atom is -0.371 e. The van der Waals surface area contributed by atoms with Crippen LogP contribution in [-0.2, 0) is 6.18 Å². The quantitative estimate of drug-likeness (QED) is 0.760. The number of anilines is 1. The van der Waals surface area contributed by atoms with E-state index in [4.69, 9.17) is 0 Å². The normalized spacial score (nSPS) is 15.8. The molecule has 0 N–H and O–H groups in total. The van der Waals surface area contributed by atoms with E-state index in [2.05, 4.69) is 0 Å². The molecule has 0 amide bonds. The maximum Gasteiger partial charge on any atom is 0.418 e. The molecular weight excluding hydrogens is 231 g/mol. The van der Waals surface area contributed by atoms with E-state index in [0.29, 0.717) is 6.29 Å². The second-order valence-corrected chi connectivity index (χ2v) is 4.23. The third kappa shape index (κ3) is 2.43. The molecule has 1 saturated carbocycles. The Bertz CT molecular complexity index is 438. The summed E-state index contributed by atoms with van der Waals surface area (Å²) in [5.41, 5.74) is -0.549. The maximum atomic E-state index is 12.9. The van der Waals surface area contributed by atoms with Crippen molar-refractivity contribution < 1.29 is 18.0 Å². The van der Waals surface area contributed by atoms with Gasteiger partial charge < -0.3 is 4.90 Å². The zero-order chi connectivity index (χ0) is 12.6. The molecule has 17 heavy (non-hydrogen) atoms. The summed E-state index contributed by atoms with van der Waals surface area (Å²) in [5, 5.41) is 0. The van der Waals surface area contributed by atoms with Crippen LogP contribution in [0, 0.1) is 0 Å². The molecular formula is C12H12F3NO. The fourth-order valence-electron chi connectivity index (χ4n) is 1.82. The van der Waals surface area contributed by atoms with Crippen LogP contribution in [0.5, 0.6) is 0 Å². The number of aldehydes is 1. The van der Waals surface area contributed by atoms with Gasteiger partial charge in [0.05, 0.1) is 5.56 Å². The second kappa shape index (κ2) is 4.05. The van der Waals surface area contributed by atoms with E-state index in [1.807, 2.05) is 0 Å². The Labute approximate surface area is 97.0 Å². The SMILES string of the molecule is CN(c1ccc(C=O)cc1C(F)(F)F)C1CC1. The van der Waals surface area contributed by atoms with E-state index < -0.39 is 11.7 Å². The number of benzene rings is 1. The van der Waals surface area contributed by atoms with Gasteiger partial charge in [-0.05, 0) is 31.0 Å². The highest BCUT2D eigenvalue weighted by Crippen LogP contribution is 2.40. The van der Waals surface area contributed by atoms with Gasteiger partial charge in [-0.15, -0.1) is 0 Å². The molecule has 2 rings (SSSR count). The van der Waals surface area contributed by atoms with Gasteiger partial charge in [0.1, 0.15) is 6.29 Å². The first-order valence-electron chi connectivity index (χ1n) is 5.32. The molecule has 0 spiro atoms. The first kappa shape index (κ1) is 12.0. The smallest absolute Gasteiger partial charge is 0.371 e. The predicted molar refractivity (Wildman–Crippen MR) is 58.3 cm³/mol. The van der Waals surface area contributed by atoms with Crippen LogP contribution in [0.4, 0.5) is 18.9 Å². The number of hydrogen-bond donors (Lipinski definition) is 0. The van der Waals surface area contributed by atoms with Crippen molar-refractivity contribution in [1.82, 2.24) is 0 Å². The number of nitrogens with zero attached hydrogens (tertiary/aromatic N) is 1. The second-order valence-electron chi connectivity index (χ2n) is 4.23. The Morgan fingerprint density at radius 2 is 2.00 bits per heavy atom. The summed E-state index contributed by atoms with van der Waals surface area (Å²) in [7, 11) is 1.66. The van der Waals surface area contributed by atoms with Gasteiger partial charge in [-0.1, -0.05) is 0 Å². The van der Waals surface area contributed by atoms with Gasteiger partial charge in [0.15, 0.2) is 0 Å². The Morgan fingerprint density at radius 1 is 1.35 bits per heavy atom. The van der Waals surface area contributed by atoms with Crippen LogP contribution in [0.3, 0.4) is 0 Å². The summed E-state index contributed by atoms with van der Waals surface area (Å²) < 4.78 is 38.6. The van der Waals surface area contributed by atoms with Crippen LogP contribution in [0.2, 0.25) is 0 Å². The first-order chi connectivity index (χ1) is 7.93. The van der Waals surface area contributed by atoms with Crippen LogP contribution in [0.1, 0.15) is 28.8 Å². The van der Waals surface area contributed by atoms with Gasteiger partial charge >= 0.3 is 6.18 Å². The molecule has 0 heterocycles. The van der Waals surface area contributed by atoms with Crippen molar-refractivity contribution in [3.63, 3.8) is 0 Å². The van der Waals surface area contributed by atoms with E-state index in [9.17, 15) is 18.0 Å². The van der Waals surface area contributed by atoms with Crippen molar-refractivity contribution >= 4 is 12.0 Å². The average molecular weight is 243 g/mol. The van der Waals surface area contributed by atoms with Crippen LogP contribution in [-0.4, -0.2) is 19.4 Å². The number of rotatable bonds is 3. The van der Waals surface area contributed by atoms with Gasteiger partial charge in [0, 0.05) is 24.3 Å². The summed E-state index contributed by atoms with van der Waals surface area (Å²) in [5.74, 6) is 0. The third-order valence-electron chi connectivity index (χ3n) is 2.94. The van der Waals surface area contributed by atoms with Crippen molar-refractivity contribution in [1.29, 1.82) is 0 Å². The Morgan fingerprint density at radius 3 is 2.47 bits per heavy atom. The highest BCUT2D eigenvalue weighted by Gasteiger charge is 2.37. The molecule has 0 saturated heterocycles. The molecule has 1 aliphatic rings. The summed E-state index contributed by atoms with van der Waals surface area (Å²) in [6.07, 6.45) is -2.17. The highest BCUT2D eigenvalue weighted by molar-refractivity contribution is 5.77. The van der Waals surface area contributed by atoms with E-state index >= 15 is 0 Å². The number of carbonyl (C=O) groups is 1. The van der Waals surface area contributed by atoms with E-state index in [-0.39, 0.29) is 17.3 Å². The molecule has 1 aromatic rings. The zero-order valence-electron chi connectivity index (χ0n) is 9.29. The van der Waals surface area contributed by atoms with Crippen LogP contribution in [0.25, 0.3) is 0 Å². The molecule has 0 unspecified atom stereocenters. The monoisotopic (exact) mass is 243 g/mol. The van der Waals surface area contributed by atoms with Crippen LogP contribution >= 0.6 is 0 Å². The third-order valence-corrected chi connectivity index (χ3v) is 2.94. The fourth-order valence-corrected chi connectivity index (χ4v) is 1.82. The molecule has 2 nitrogen and oxygen atoms in total. The topological polar surface area (TPSA) is 20.3 Å². The largest absolute Gasteiger partial charge is 0.418 e. The van der Waals surface area contributed by atoms with Gasteiger partial charge in [-0.25, -0.2) is 0 Å². The zero-order valence-corrected chi connectivity index (χ0v) is 9.29. The lowest BCUT2D eigenvalue weighted by atomic mass is 10.1. The summed E-state index contributed by atoms with van der Waals surface area (Å²) in [4.78, 5) is 12.2. The van der Waals surface area contributed by atoms with Gasteiger partial charge in [0.2, 0.25) is 0 Å². The summed E-state index contributed by atoms with van der Waals surface area (Å²) in [6.45, 7) is 0. The summed E-state index contributed by atoms with van der Waals surface area (Å²) >= 11 is 0. The number of halogens is 3. The highest BCUT2D eigenvalue weighted by atomic mass is 19.4. The van der Waals surface area contributed by atoms with Crippen molar-refractivity contribution in [2.75, 3.05) is 11.9 Å². The van der Waals surface area contributed by atoms with Gasteiger partial charge in [0.25, 0.3) is 0 Å². The van der Waals surface area contributed by atoms with Gasteiger partial charge in [-0.3, -0.25) is 4.79 Å². The Balaban J connectivity index is 2.46. The molecule has 0 aromatic heterocycles. The van der Waals surface area contributed by atoms with Crippen molar-refractivity contribution in [2.45, 2.75) is 25.1 Å².